The molecule has 0 aliphatic carbocycles. The molecule has 1 saturated heterocycles. The molecule has 0 amide bonds. The lowest BCUT2D eigenvalue weighted by Crippen LogP contribution is -2.33. The first-order chi connectivity index (χ1) is 12.8. The molecule has 0 unspecified atom stereocenters. The number of hydrogen-bond acceptors (Lipinski definition) is 6. The van der Waals surface area contributed by atoms with Crippen LogP contribution in [-0.2, 0) is 6.54 Å². The van der Waals surface area contributed by atoms with Gasteiger partial charge in [-0.1, -0.05) is 6.07 Å². The number of fused-ring (bicyclic) bond motifs is 2. The Balaban J connectivity index is 1.30. The highest BCUT2D eigenvalue weighted by atomic mass is 15.4. The molecular formula is C18H20N8. The fourth-order valence-corrected chi connectivity index (χ4v) is 3.70. The number of hydrogen-bond donors (Lipinski definition) is 0. The summed E-state index contributed by atoms with van der Waals surface area (Å²) >= 11 is 0. The van der Waals surface area contributed by atoms with Crippen LogP contribution in [0.25, 0.3) is 11.3 Å². The van der Waals surface area contributed by atoms with Gasteiger partial charge in [0.1, 0.15) is 0 Å². The summed E-state index contributed by atoms with van der Waals surface area (Å²) in [6.45, 7) is 4.82. The van der Waals surface area contributed by atoms with Crippen LogP contribution < -0.4 is 0 Å². The molecule has 26 heavy (non-hydrogen) atoms. The molecular weight excluding hydrogens is 328 g/mol. The number of aryl methyl sites for hydroxylation is 1. The quantitative estimate of drug-likeness (QED) is 0.562. The first kappa shape index (κ1) is 15.4. The third-order valence-corrected chi connectivity index (χ3v) is 5.12. The second kappa shape index (κ2) is 6.14. The molecule has 1 aliphatic rings. The molecule has 5 heterocycles. The van der Waals surface area contributed by atoms with Gasteiger partial charge in [-0.3, -0.25) is 9.30 Å². The highest BCUT2D eigenvalue weighted by Gasteiger charge is 2.25. The minimum absolute atomic E-state index is 0.394. The summed E-state index contributed by atoms with van der Waals surface area (Å²) in [5, 5.41) is 21.8. The van der Waals surface area contributed by atoms with Crippen molar-refractivity contribution < 1.29 is 0 Å². The molecule has 0 radical (unpaired) electrons. The predicted molar refractivity (Wildman–Crippen MR) is 95.8 cm³/mol. The van der Waals surface area contributed by atoms with E-state index in [1.165, 1.54) is 0 Å². The maximum atomic E-state index is 4.58. The van der Waals surface area contributed by atoms with Crippen molar-refractivity contribution in [3.8, 4) is 0 Å². The van der Waals surface area contributed by atoms with Crippen molar-refractivity contribution in [1.82, 2.24) is 39.3 Å². The van der Waals surface area contributed by atoms with E-state index in [1.54, 1.807) is 0 Å². The Morgan fingerprint density at radius 2 is 1.81 bits per heavy atom. The third-order valence-electron chi connectivity index (χ3n) is 5.12. The summed E-state index contributed by atoms with van der Waals surface area (Å²) in [4.78, 5) is 2.43. The maximum Gasteiger partial charge on any atom is 0.177 e. The van der Waals surface area contributed by atoms with E-state index in [0.717, 1.165) is 61.1 Å². The lowest BCUT2D eigenvalue weighted by atomic mass is 9.96. The van der Waals surface area contributed by atoms with Crippen LogP contribution in [0.3, 0.4) is 0 Å². The van der Waals surface area contributed by atoms with Gasteiger partial charge in [-0.05, 0) is 57.1 Å². The number of nitrogens with zero attached hydrogens (tertiary/aromatic N) is 8. The minimum atomic E-state index is 0.394. The Bertz CT molecular complexity index is 1060. The van der Waals surface area contributed by atoms with Crippen molar-refractivity contribution in [2.45, 2.75) is 32.2 Å². The van der Waals surface area contributed by atoms with Crippen molar-refractivity contribution in [2.75, 3.05) is 13.1 Å². The summed E-state index contributed by atoms with van der Waals surface area (Å²) in [7, 11) is 0. The number of likely N-dealkylation sites (tertiary alicyclic amines) is 1. The second-order valence-corrected chi connectivity index (χ2v) is 6.90. The van der Waals surface area contributed by atoms with Crippen LogP contribution in [0.5, 0.6) is 0 Å². The fourth-order valence-electron chi connectivity index (χ4n) is 3.70. The molecule has 0 spiro atoms. The standard InChI is InChI=1S/C18H20N8/c1-13-5-6-16-20-22-18(26(16)23-13)14-7-10-24(11-8-14)12-17-21-19-15-4-2-3-9-25(15)17/h2-6,9,14H,7-8,10-12H2,1H3. The van der Waals surface area contributed by atoms with E-state index in [1.807, 2.05) is 48.0 Å². The minimum Gasteiger partial charge on any atom is -0.296 e. The van der Waals surface area contributed by atoms with E-state index in [4.69, 9.17) is 0 Å². The predicted octanol–water partition coefficient (Wildman–Crippen LogP) is 1.86. The topological polar surface area (TPSA) is 76.5 Å². The van der Waals surface area contributed by atoms with Crippen molar-refractivity contribution in [1.29, 1.82) is 0 Å². The van der Waals surface area contributed by atoms with Gasteiger partial charge in [0.2, 0.25) is 0 Å². The molecule has 4 aromatic rings. The molecule has 0 saturated carbocycles. The van der Waals surface area contributed by atoms with E-state index in [2.05, 4.69) is 34.8 Å². The summed E-state index contributed by atoms with van der Waals surface area (Å²) in [5.74, 6) is 2.37. The first-order valence-corrected chi connectivity index (χ1v) is 8.98. The summed E-state index contributed by atoms with van der Waals surface area (Å²) in [5.41, 5.74) is 2.70. The van der Waals surface area contributed by atoms with Gasteiger partial charge in [0, 0.05) is 12.1 Å². The molecule has 0 aromatic carbocycles. The molecule has 132 valence electrons. The van der Waals surface area contributed by atoms with Crippen LogP contribution in [0, 0.1) is 6.92 Å². The SMILES string of the molecule is Cc1ccc2nnc(C3CCN(Cc4nnc5ccccn45)CC3)n2n1. The van der Waals surface area contributed by atoms with Crippen LogP contribution >= 0.6 is 0 Å². The third kappa shape index (κ3) is 2.62. The lowest BCUT2D eigenvalue weighted by molar-refractivity contribution is 0.196. The van der Waals surface area contributed by atoms with E-state index in [9.17, 15) is 0 Å². The molecule has 0 N–H and O–H groups in total. The smallest absolute Gasteiger partial charge is 0.177 e. The molecule has 1 fully saturated rings. The Morgan fingerprint density at radius 3 is 2.69 bits per heavy atom. The van der Waals surface area contributed by atoms with Gasteiger partial charge >= 0.3 is 0 Å². The van der Waals surface area contributed by atoms with Crippen LogP contribution in [0.15, 0.2) is 36.5 Å². The number of rotatable bonds is 3. The van der Waals surface area contributed by atoms with Gasteiger partial charge in [-0.15, -0.1) is 20.4 Å². The van der Waals surface area contributed by atoms with Crippen molar-refractivity contribution in [3.05, 3.63) is 53.9 Å². The van der Waals surface area contributed by atoms with Crippen LogP contribution in [-0.4, -0.2) is 52.4 Å². The summed E-state index contributed by atoms with van der Waals surface area (Å²) < 4.78 is 3.96. The molecule has 8 heteroatoms. The van der Waals surface area contributed by atoms with Crippen LogP contribution in [0.4, 0.5) is 0 Å². The highest BCUT2D eigenvalue weighted by Crippen LogP contribution is 2.27. The molecule has 0 atom stereocenters. The monoisotopic (exact) mass is 348 g/mol. The summed E-state index contributed by atoms with van der Waals surface area (Å²) in [6.07, 6.45) is 4.12. The lowest BCUT2D eigenvalue weighted by Gasteiger charge is -2.30. The average Bonchev–Trinajstić information content (AvgIpc) is 3.27. The van der Waals surface area contributed by atoms with E-state index in [-0.39, 0.29) is 0 Å². The van der Waals surface area contributed by atoms with Crippen molar-refractivity contribution in [3.63, 3.8) is 0 Å². The van der Waals surface area contributed by atoms with Crippen LogP contribution in [0.1, 0.15) is 36.1 Å². The maximum absolute atomic E-state index is 4.58. The summed E-state index contributed by atoms with van der Waals surface area (Å²) in [6, 6.07) is 9.92. The Hall–Kier alpha value is -2.87. The van der Waals surface area contributed by atoms with Crippen molar-refractivity contribution >= 4 is 11.3 Å². The normalized spacial score (nSPS) is 16.7. The Morgan fingerprint density at radius 1 is 0.962 bits per heavy atom. The van der Waals surface area contributed by atoms with Gasteiger partial charge in [0.15, 0.2) is 22.9 Å². The van der Waals surface area contributed by atoms with Crippen molar-refractivity contribution in [2.24, 2.45) is 0 Å². The molecule has 1 aliphatic heterocycles. The molecule has 5 rings (SSSR count). The zero-order chi connectivity index (χ0) is 17.5. The van der Waals surface area contributed by atoms with E-state index >= 15 is 0 Å². The van der Waals surface area contributed by atoms with E-state index < -0.39 is 0 Å². The van der Waals surface area contributed by atoms with E-state index in [0.29, 0.717) is 5.92 Å². The zero-order valence-corrected chi connectivity index (χ0v) is 14.7. The van der Waals surface area contributed by atoms with Gasteiger partial charge in [0.05, 0.1) is 12.2 Å². The molecule has 4 aromatic heterocycles. The number of aromatic nitrogens is 7. The molecule has 0 bridgehead atoms. The second-order valence-electron chi connectivity index (χ2n) is 6.90. The fraction of sp³-hybridized carbons (Fsp3) is 0.389. The Labute approximate surface area is 150 Å². The number of pyridine rings is 1. The highest BCUT2D eigenvalue weighted by molar-refractivity contribution is 5.37. The van der Waals surface area contributed by atoms with Gasteiger partial charge in [-0.25, -0.2) is 0 Å². The first-order valence-electron chi connectivity index (χ1n) is 8.98. The van der Waals surface area contributed by atoms with Gasteiger partial charge in [0.25, 0.3) is 0 Å². The number of piperidine rings is 1. The largest absolute Gasteiger partial charge is 0.296 e. The zero-order valence-electron chi connectivity index (χ0n) is 14.7. The van der Waals surface area contributed by atoms with Crippen LogP contribution in [0.2, 0.25) is 0 Å². The van der Waals surface area contributed by atoms with Gasteiger partial charge < -0.3 is 0 Å². The average molecular weight is 348 g/mol. The van der Waals surface area contributed by atoms with Gasteiger partial charge in [-0.2, -0.15) is 9.61 Å². The molecule has 8 nitrogen and oxygen atoms in total. The Kier molecular flexibility index (Phi) is 3.63.